The third kappa shape index (κ3) is 1.18. The molecule has 2 aliphatic carbocycles. The van der Waals surface area contributed by atoms with Crippen molar-refractivity contribution in [3.8, 4) is 0 Å². The second-order valence-corrected chi connectivity index (χ2v) is 4.29. The predicted octanol–water partition coefficient (Wildman–Crippen LogP) is 1.32. The topological polar surface area (TPSA) is 45.9 Å². The standard InChI is InChI=1S/C9H16NO/c10-8(6-11)5-9-3-1-2-7(9)4-9/h7-8H,1-6,10H2. The summed E-state index contributed by atoms with van der Waals surface area (Å²) >= 11 is 0. The van der Waals surface area contributed by atoms with Crippen molar-refractivity contribution < 1.29 is 5.11 Å². The molecule has 0 bridgehead atoms. The fraction of sp³-hybridized carbons (Fsp3) is 1.00. The maximum absolute atomic E-state index is 10.5. The molecule has 3 unspecified atom stereocenters. The summed E-state index contributed by atoms with van der Waals surface area (Å²) in [7, 11) is 0. The van der Waals surface area contributed by atoms with Gasteiger partial charge in [-0.1, -0.05) is 6.42 Å². The van der Waals surface area contributed by atoms with Crippen LogP contribution in [-0.2, 0) is 5.11 Å². The molecule has 63 valence electrons. The van der Waals surface area contributed by atoms with Crippen molar-refractivity contribution in [3.63, 3.8) is 0 Å². The maximum atomic E-state index is 10.5. The van der Waals surface area contributed by atoms with Crippen molar-refractivity contribution in [1.29, 1.82) is 0 Å². The van der Waals surface area contributed by atoms with Crippen LogP contribution in [-0.4, -0.2) is 12.6 Å². The molecule has 11 heavy (non-hydrogen) atoms. The molecule has 2 fully saturated rings. The number of nitrogens with two attached hydrogens (primary N) is 1. The largest absolute Gasteiger partial charge is 0.326 e. The van der Waals surface area contributed by atoms with Crippen LogP contribution in [0.25, 0.3) is 0 Å². The van der Waals surface area contributed by atoms with Crippen LogP contribution in [0.2, 0.25) is 0 Å². The highest BCUT2D eigenvalue weighted by Crippen LogP contribution is 2.65. The molecule has 2 saturated carbocycles. The van der Waals surface area contributed by atoms with Gasteiger partial charge < -0.3 is 5.73 Å². The first-order valence-corrected chi connectivity index (χ1v) is 4.60. The molecule has 2 nitrogen and oxygen atoms in total. The first kappa shape index (κ1) is 7.56. The van der Waals surface area contributed by atoms with Gasteiger partial charge in [0, 0.05) is 6.04 Å². The Morgan fingerprint density at radius 3 is 2.91 bits per heavy atom. The molecule has 0 aromatic heterocycles. The molecule has 3 atom stereocenters. The average molecular weight is 154 g/mol. The van der Waals surface area contributed by atoms with E-state index in [9.17, 15) is 5.11 Å². The van der Waals surface area contributed by atoms with Crippen LogP contribution in [0, 0.1) is 11.3 Å². The Hall–Kier alpha value is -0.0800. The van der Waals surface area contributed by atoms with Crippen molar-refractivity contribution in [2.75, 3.05) is 6.61 Å². The van der Waals surface area contributed by atoms with Crippen LogP contribution in [0.4, 0.5) is 0 Å². The number of hydrogen-bond donors (Lipinski definition) is 1. The molecule has 2 heteroatoms. The van der Waals surface area contributed by atoms with Gasteiger partial charge in [0.25, 0.3) is 0 Å². The van der Waals surface area contributed by atoms with E-state index in [1.807, 2.05) is 0 Å². The summed E-state index contributed by atoms with van der Waals surface area (Å²) in [5.74, 6) is 0.945. The van der Waals surface area contributed by atoms with Gasteiger partial charge in [0.2, 0.25) is 0 Å². The van der Waals surface area contributed by atoms with Gasteiger partial charge >= 0.3 is 0 Å². The molecule has 0 heterocycles. The van der Waals surface area contributed by atoms with Crippen LogP contribution in [0.5, 0.6) is 0 Å². The van der Waals surface area contributed by atoms with Gasteiger partial charge in [-0.3, -0.25) is 0 Å². The highest BCUT2D eigenvalue weighted by atomic mass is 16.3. The molecular weight excluding hydrogens is 138 g/mol. The van der Waals surface area contributed by atoms with Crippen molar-refractivity contribution in [1.82, 2.24) is 0 Å². The second-order valence-electron chi connectivity index (χ2n) is 4.29. The first-order valence-electron chi connectivity index (χ1n) is 4.60. The molecule has 0 amide bonds. The Labute approximate surface area is 67.8 Å². The molecule has 0 saturated heterocycles. The lowest BCUT2D eigenvalue weighted by Crippen LogP contribution is -2.27. The van der Waals surface area contributed by atoms with Crippen LogP contribution < -0.4 is 5.73 Å². The van der Waals surface area contributed by atoms with E-state index in [0.717, 1.165) is 12.3 Å². The summed E-state index contributed by atoms with van der Waals surface area (Å²) in [5.41, 5.74) is 6.21. The zero-order valence-electron chi connectivity index (χ0n) is 6.88. The second kappa shape index (κ2) is 2.46. The predicted molar refractivity (Wildman–Crippen MR) is 42.5 cm³/mol. The summed E-state index contributed by atoms with van der Waals surface area (Å²) in [5, 5.41) is 10.5. The highest BCUT2D eigenvalue weighted by Gasteiger charge is 2.56. The Morgan fingerprint density at radius 2 is 2.45 bits per heavy atom. The molecule has 2 rings (SSSR count). The molecule has 2 aliphatic rings. The third-order valence-electron chi connectivity index (χ3n) is 3.47. The molecule has 0 aliphatic heterocycles. The number of fused-ring (bicyclic) bond motifs is 1. The van der Waals surface area contributed by atoms with Crippen LogP contribution in [0.15, 0.2) is 0 Å². The van der Waals surface area contributed by atoms with E-state index in [0.29, 0.717) is 5.41 Å². The fourth-order valence-corrected chi connectivity index (χ4v) is 2.78. The van der Waals surface area contributed by atoms with Gasteiger partial charge in [0.1, 0.15) is 0 Å². The van der Waals surface area contributed by atoms with E-state index >= 15 is 0 Å². The van der Waals surface area contributed by atoms with Gasteiger partial charge in [-0.2, -0.15) is 0 Å². The highest BCUT2D eigenvalue weighted by molar-refractivity contribution is 5.07. The van der Waals surface area contributed by atoms with Crippen LogP contribution >= 0.6 is 0 Å². The lowest BCUT2D eigenvalue weighted by molar-refractivity contribution is 0.158. The smallest absolute Gasteiger partial charge is 0.0973 e. The summed E-state index contributed by atoms with van der Waals surface area (Å²) in [4.78, 5) is 0. The van der Waals surface area contributed by atoms with Crippen molar-refractivity contribution in [3.05, 3.63) is 0 Å². The third-order valence-corrected chi connectivity index (χ3v) is 3.47. The van der Waals surface area contributed by atoms with E-state index < -0.39 is 0 Å². The summed E-state index contributed by atoms with van der Waals surface area (Å²) in [6, 6.07) is -0.0712. The molecule has 0 aromatic rings. The summed E-state index contributed by atoms with van der Waals surface area (Å²) < 4.78 is 0. The minimum Gasteiger partial charge on any atom is -0.326 e. The molecule has 0 aromatic carbocycles. The SMILES string of the molecule is NC(C[O])CC12CCCC1C2. The van der Waals surface area contributed by atoms with Gasteiger partial charge in [0.15, 0.2) is 0 Å². The Morgan fingerprint density at radius 1 is 1.64 bits per heavy atom. The number of rotatable bonds is 3. The van der Waals surface area contributed by atoms with Crippen LogP contribution in [0.1, 0.15) is 32.1 Å². The maximum Gasteiger partial charge on any atom is 0.0973 e. The average Bonchev–Trinajstić information content (AvgIpc) is 2.53. The minimum atomic E-state index is -0.0888. The zero-order valence-corrected chi connectivity index (χ0v) is 6.88. The first-order chi connectivity index (χ1) is 5.27. The van der Waals surface area contributed by atoms with Gasteiger partial charge in [-0.05, 0) is 37.0 Å². The molecular formula is C9H16NO. The van der Waals surface area contributed by atoms with E-state index in [2.05, 4.69) is 0 Å². The van der Waals surface area contributed by atoms with E-state index in [1.54, 1.807) is 0 Å². The lowest BCUT2D eigenvalue weighted by Gasteiger charge is -2.15. The quantitative estimate of drug-likeness (QED) is 0.654. The Balaban J connectivity index is 1.87. The molecule has 2 N–H and O–H groups in total. The van der Waals surface area contributed by atoms with E-state index in [4.69, 9.17) is 5.73 Å². The fourth-order valence-electron chi connectivity index (χ4n) is 2.78. The zero-order chi connectivity index (χ0) is 7.90. The minimum absolute atomic E-state index is 0.0712. The van der Waals surface area contributed by atoms with Gasteiger partial charge in [0.05, 0.1) is 6.61 Å². The summed E-state index contributed by atoms with van der Waals surface area (Å²) in [6.07, 6.45) is 6.47. The molecule has 0 spiro atoms. The number of hydrogen-bond acceptors (Lipinski definition) is 1. The monoisotopic (exact) mass is 154 g/mol. The lowest BCUT2D eigenvalue weighted by atomic mass is 9.95. The Bertz CT molecular complexity index is 160. The van der Waals surface area contributed by atoms with Crippen molar-refractivity contribution in [2.45, 2.75) is 38.1 Å². The van der Waals surface area contributed by atoms with Crippen molar-refractivity contribution in [2.24, 2.45) is 17.1 Å². The summed E-state index contributed by atoms with van der Waals surface area (Å²) in [6.45, 7) is -0.0888. The van der Waals surface area contributed by atoms with Crippen LogP contribution in [0.3, 0.4) is 0 Å². The van der Waals surface area contributed by atoms with Gasteiger partial charge in [-0.25, -0.2) is 5.11 Å². The van der Waals surface area contributed by atoms with Gasteiger partial charge in [-0.15, -0.1) is 0 Å². The van der Waals surface area contributed by atoms with E-state index in [1.165, 1.54) is 25.7 Å². The normalized spacial score (nSPS) is 43.6. The molecule has 1 radical (unpaired) electrons. The Kier molecular flexibility index (Phi) is 1.69. The van der Waals surface area contributed by atoms with E-state index in [-0.39, 0.29) is 12.6 Å². The van der Waals surface area contributed by atoms with Crippen molar-refractivity contribution >= 4 is 0 Å².